The fourth-order valence-corrected chi connectivity index (χ4v) is 4.13. The number of hydrogen-bond donors (Lipinski definition) is 1. The first kappa shape index (κ1) is 19.9. The van der Waals surface area contributed by atoms with Crippen LogP contribution in [0.25, 0.3) is 11.0 Å². The Hall–Kier alpha value is -3.41. The fourth-order valence-electron chi connectivity index (χ4n) is 4.13. The Bertz CT molecular complexity index is 1250. The minimum atomic E-state index is -0.581. The predicted molar refractivity (Wildman–Crippen MR) is 112 cm³/mol. The molecule has 1 aliphatic rings. The number of rotatable bonds is 3. The van der Waals surface area contributed by atoms with Crippen molar-refractivity contribution in [2.75, 3.05) is 0 Å². The molecule has 0 amide bonds. The molecule has 0 unspecified atom stereocenters. The van der Waals surface area contributed by atoms with E-state index < -0.39 is 23.3 Å². The third-order valence-corrected chi connectivity index (χ3v) is 5.64. The molecular weight excluding hydrogens is 384 g/mol. The van der Waals surface area contributed by atoms with Gasteiger partial charge in [0.2, 0.25) is 0 Å². The summed E-state index contributed by atoms with van der Waals surface area (Å²) in [4.78, 5) is 36.9. The zero-order valence-electron chi connectivity index (χ0n) is 17.2. The first-order valence-corrected chi connectivity index (χ1v) is 9.83. The highest BCUT2D eigenvalue weighted by atomic mass is 16.5. The summed E-state index contributed by atoms with van der Waals surface area (Å²) in [6.45, 7) is 7.14. The summed E-state index contributed by atoms with van der Waals surface area (Å²) in [7, 11) is 0. The molecule has 0 radical (unpaired) electrons. The van der Waals surface area contributed by atoms with E-state index in [2.05, 4.69) is 13.8 Å². The van der Waals surface area contributed by atoms with Crippen LogP contribution in [0.3, 0.4) is 0 Å². The molecular formula is C24H22O6. The fraction of sp³-hybridized carbons (Fsp3) is 0.292. The lowest BCUT2D eigenvalue weighted by Crippen LogP contribution is -2.23. The van der Waals surface area contributed by atoms with E-state index in [0.29, 0.717) is 17.0 Å². The van der Waals surface area contributed by atoms with Crippen molar-refractivity contribution in [3.8, 4) is 11.5 Å². The largest absolute Gasteiger partial charge is 0.506 e. The van der Waals surface area contributed by atoms with Crippen LogP contribution < -0.4 is 10.4 Å². The van der Waals surface area contributed by atoms with Crippen molar-refractivity contribution in [3.63, 3.8) is 0 Å². The SMILES string of the molecule is CC(=O)c1c2c(c3oc(=O)cc(C)c3c1O)[C@H](c1ccc(C(C)C)cc1)CC(=O)O2. The van der Waals surface area contributed by atoms with Crippen LogP contribution in [0.4, 0.5) is 0 Å². The lowest BCUT2D eigenvalue weighted by atomic mass is 9.82. The predicted octanol–water partition coefficient (Wildman–Crippen LogP) is 4.57. The molecule has 30 heavy (non-hydrogen) atoms. The van der Waals surface area contributed by atoms with Gasteiger partial charge in [0.25, 0.3) is 0 Å². The topological polar surface area (TPSA) is 93.8 Å². The molecule has 4 rings (SSSR count). The maximum Gasteiger partial charge on any atom is 0.336 e. The van der Waals surface area contributed by atoms with Gasteiger partial charge in [-0.25, -0.2) is 4.79 Å². The highest BCUT2D eigenvalue weighted by molar-refractivity contribution is 6.09. The molecule has 0 bridgehead atoms. The molecule has 2 heterocycles. The molecule has 1 N–H and O–H groups in total. The third-order valence-electron chi connectivity index (χ3n) is 5.64. The number of ketones is 1. The van der Waals surface area contributed by atoms with E-state index >= 15 is 0 Å². The van der Waals surface area contributed by atoms with E-state index in [1.165, 1.54) is 13.0 Å². The van der Waals surface area contributed by atoms with Crippen molar-refractivity contribution in [2.24, 2.45) is 0 Å². The number of hydrogen-bond acceptors (Lipinski definition) is 6. The standard InChI is InChI=1S/C24H22O6/c1-11(2)14-5-7-15(8-6-14)16-10-18(27)30-24-20(13(4)25)22(28)19-12(3)9-17(26)29-23(19)21(16)24/h5-9,11,16,28H,10H2,1-4H3/t16-/m0/s1. The summed E-state index contributed by atoms with van der Waals surface area (Å²) in [6.07, 6.45) is 0.0307. The molecule has 154 valence electrons. The molecule has 1 aliphatic heterocycles. The van der Waals surface area contributed by atoms with Crippen molar-refractivity contribution < 1.29 is 23.8 Å². The van der Waals surface area contributed by atoms with Gasteiger partial charge < -0.3 is 14.3 Å². The van der Waals surface area contributed by atoms with Gasteiger partial charge in [-0.15, -0.1) is 0 Å². The number of aryl methyl sites for hydroxylation is 1. The molecule has 1 aromatic heterocycles. The number of benzene rings is 2. The number of ether oxygens (including phenoxy) is 1. The number of phenolic OH excluding ortho intramolecular Hbond substituents is 1. The Morgan fingerprint density at radius 2 is 1.83 bits per heavy atom. The molecule has 0 spiro atoms. The van der Waals surface area contributed by atoms with E-state index in [-0.39, 0.29) is 34.5 Å². The molecule has 6 nitrogen and oxygen atoms in total. The second kappa shape index (κ2) is 7.13. The van der Waals surface area contributed by atoms with Gasteiger partial charge in [0.1, 0.15) is 16.9 Å². The highest BCUT2D eigenvalue weighted by Gasteiger charge is 2.37. The zero-order chi connectivity index (χ0) is 21.7. The van der Waals surface area contributed by atoms with Crippen LogP contribution >= 0.6 is 0 Å². The Morgan fingerprint density at radius 1 is 1.17 bits per heavy atom. The van der Waals surface area contributed by atoms with E-state index in [0.717, 1.165) is 11.1 Å². The van der Waals surface area contributed by atoms with Gasteiger partial charge in [-0.05, 0) is 36.5 Å². The van der Waals surface area contributed by atoms with E-state index in [1.807, 2.05) is 24.3 Å². The Morgan fingerprint density at radius 3 is 2.43 bits per heavy atom. The Labute approximate surface area is 173 Å². The first-order chi connectivity index (χ1) is 14.2. The molecule has 3 aromatic rings. The van der Waals surface area contributed by atoms with Crippen molar-refractivity contribution in [1.29, 1.82) is 0 Å². The lowest BCUT2D eigenvalue weighted by molar-refractivity contribution is -0.135. The quantitative estimate of drug-likeness (QED) is 0.296. The van der Waals surface area contributed by atoms with Crippen LogP contribution in [0.15, 0.2) is 39.5 Å². The minimum absolute atomic E-state index is 0.0307. The summed E-state index contributed by atoms with van der Waals surface area (Å²) < 4.78 is 10.9. The zero-order valence-corrected chi connectivity index (χ0v) is 17.2. The maximum atomic E-state index is 12.4. The van der Waals surface area contributed by atoms with Gasteiger partial charge in [0.05, 0.1) is 11.8 Å². The van der Waals surface area contributed by atoms with Crippen LogP contribution in [-0.2, 0) is 4.79 Å². The number of carbonyl (C=O) groups excluding carboxylic acids is 2. The summed E-state index contributed by atoms with van der Waals surface area (Å²) in [5.41, 5.74) is 2.39. The minimum Gasteiger partial charge on any atom is -0.506 e. The van der Waals surface area contributed by atoms with E-state index in [1.54, 1.807) is 6.92 Å². The molecule has 0 aliphatic carbocycles. The van der Waals surface area contributed by atoms with Crippen molar-refractivity contribution in [1.82, 2.24) is 0 Å². The maximum absolute atomic E-state index is 12.4. The molecule has 0 saturated carbocycles. The second-order valence-corrected chi connectivity index (χ2v) is 8.03. The number of carbonyl (C=O) groups is 2. The Balaban J connectivity index is 2.09. The van der Waals surface area contributed by atoms with Gasteiger partial charge in [-0.2, -0.15) is 0 Å². The summed E-state index contributed by atoms with van der Waals surface area (Å²) in [5, 5.41) is 11.1. The van der Waals surface area contributed by atoms with E-state index in [4.69, 9.17) is 9.15 Å². The van der Waals surface area contributed by atoms with Crippen LogP contribution in [-0.4, -0.2) is 16.9 Å². The Kier molecular flexibility index (Phi) is 4.73. The van der Waals surface area contributed by atoms with Gasteiger partial charge in [-0.3, -0.25) is 9.59 Å². The van der Waals surface area contributed by atoms with Crippen LogP contribution in [0.1, 0.15) is 71.6 Å². The van der Waals surface area contributed by atoms with Gasteiger partial charge in [0.15, 0.2) is 11.5 Å². The number of phenols is 1. The van der Waals surface area contributed by atoms with E-state index in [9.17, 15) is 19.5 Å². The van der Waals surface area contributed by atoms with Gasteiger partial charge in [0, 0.05) is 17.5 Å². The summed E-state index contributed by atoms with van der Waals surface area (Å²) in [5.74, 6) is -1.47. The highest BCUT2D eigenvalue weighted by Crippen LogP contribution is 2.49. The smallest absolute Gasteiger partial charge is 0.336 e. The normalized spacial score (nSPS) is 15.9. The third kappa shape index (κ3) is 3.09. The first-order valence-electron chi connectivity index (χ1n) is 9.83. The van der Waals surface area contributed by atoms with Crippen LogP contribution in [0.2, 0.25) is 0 Å². The molecule has 0 fully saturated rings. The number of esters is 1. The van der Waals surface area contributed by atoms with Crippen molar-refractivity contribution >= 4 is 22.7 Å². The molecule has 2 aromatic carbocycles. The van der Waals surface area contributed by atoms with Crippen LogP contribution in [0.5, 0.6) is 11.5 Å². The summed E-state index contributed by atoms with van der Waals surface area (Å²) in [6, 6.07) is 9.12. The second-order valence-electron chi connectivity index (χ2n) is 8.03. The number of Topliss-reactive ketones (excluding diaryl/α,β-unsaturated/α-hetero) is 1. The molecule has 1 atom stereocenters. The van der Waals surface area contributed by atoms with Gasteiger partial charge >= 0.3 is 11.6 Å². The van der Waals surface area contributed by atoms with Gasteiger partial charge in [-0.1, -0.05) is 38.1 Å². The van der Waals surface area contributed by atoms with Crippen molar-refractivity contribution in [3.05, 3.63) is 68.6 Å². The molecule has 0 saturated heterocycles. The monoisotopic (exact) mass is 406 g/mol. The van der Waals surface area contributed by atoms with Crippen LogP contribution in [0, 0.1) is 6.92 Å². The lowest BCUT2D eigenvalue weighted by Gasteiger charge is -2.28. The number of aromatic hydroxyl groups is 1. The summed E-state index contributed by atoms with van der Waals surface area (Å²) >= 11 is 0. The number of fused-ring (bicyclic) bond motifs is 3. The average Bonchev–Trinajstić information content (AvgIpc) is 2.66. The average molecular weight is 406 g/mol. The van der Waals surface area contributed by atoms with Crippen molar-refractivity contribution in [2.45, 2.75) is 46.0 Å². The molecule has 6 heteroatoms.